The summed E-state index contributed by atoms with van der Waals surface area (Å²) < 4.78 is 0. The Hall–Kier alpha value is -0.630. The molecule has 2 heteroatoms. The zero-order valence-corrected chi connectivity index (χ0v) is 10.6. The molecule has 2 N–H and O–H groups in total. The van der Waals surface area contributed by atoms with E-state index in [0.717, 1.165) is 37.7 Å². The van der Waals surface area contributed by atoms with Gasteiger partial charge in [-0.05, 0) is 26.2 Å². The first kappa shape index (κ1) is 13.4. The van der Waals surface area contributed by atoms with Crippen LogP contribution in [0.15, 0.2) is 12.2 Å². The highest BCUT2D eigenvalue weighted by atomic mass is 16.1. The Balaban J connectivity index is 2.61. The number of carbonyl (C=O) groups is 1. The Bertz CT molecular complexity index is 249. The van der Waals surface area contributed by atoms with Gasteiger partial charge >= 0.3 is 0 Å². The quantitative estimate of drug-likeness (QED) is 0.574. The van der Waals surface area contributed by atoms with Gasteiger partial charge in [-0.15, -0.1) is 6.58 Å². The zero-order valence-electron chi connectivity index (χ0n) is 10.6. The predicted octanol–water partition coefficient (Wildman–Crippen LogP) is 3.21. The van der Waals surface area contributed by atoms with Crippen LogP contribution in [0.2, 0.25) is 0 Å². The Morgan fingerprint density at radius 2 is 1.75 bits per heavy atom. The van der Waals surface area contributed by atoms with Gasteiger partial charge in [-0.1, -0.05) is 31.3 Å². The second kappa shape index (κ2) is 6.19. The van der Waals surface area contributed by atoms with Crippen LogP contribution in [-0.4, -0.2) is 12.3 Å². The predicted molar refractivity (Wildman–Crippen MR) is 68.2 cm³/mol. The van der Waals surface area contributed by atoms with Gasteiger partial charge in [0.15, 0.2) is 0 Å². The molecule has 1 rings (SSSR count). The van der Waals surface area contributed by atoms with Crippen LogP contribution in [0, 0.1) is 5.41 Å². The molecule has 0 aromatic rings. The molecule has 0 aromatic carbocycles. The maximum Gasteiger partial charge on any atom is 0.140 e. The SMILES string of the molecule is C=C(C)CCC(=O)C1(CN)CCCCCC1. The van der Waals surface area contributed by atoms with E-state index < -0.39 is 0 Å². The van der Waals surface area contributed by atoms with E-state index in [-0.39, 0.29) is 5.41 Å². The minimum absolute atomic E-state index is 0.202. The van der Waals surface area contributed by atoms with Gasteiger partial charge in [0.25, 0.3) is 0 Å². The number of allylic oxidation sites excluding steroid dienone is 1. The number of hydrogen-bond donors (Lipinski definition) is 1. The van der Waals surface area contributed by atoms with Crippen molar-refractivity contribution in [3.63, 3.8) is 0 Å². The van der Waals surface area contributed by atoms with Gasteiger partial charge in [-0.3, -0.25) is 4.79 Å². The molecular formula is C14H25NO. The summed E-state index contributed by atoms with van der Waals surface area (Å²) in [4.78, 5) is 12.3. The van der Waals surface area contributed by atoms with Gasteiger partial charge in [-0.25, -0.2) is 0 Å². The number of carbonyl (C=O) groups excluding carboxylic acids is 1. The Morgan fingerprint density at radius 3 is 2.19 bits per heavy atom. The normalized spacial score (nSPS) is 20.1. The van der Waals surface area contributed by atoms with Gasteiger partial charge in [0.1, 0.15) is 5.78 Å². The number of nitrogens with two attached hydrogens (primary N) is 1. The molecule has 2 nitrogen and oxygen atoms in total. The highest BCUT2D eigenvalue weighted by molar-refractivity contribution is 5.85. The Kier molecular flexibility index (Phi) is 5.20. The summed E-state index contributed by atoms with van der Waals surface area (Å²) in [5.74, 6) is 0.375. The number of ketones is 1. The lowest BCUT2D eigenvalue weighted by molar-refractivity contribution is -0.129. The zero-order chi connectivity index (χ0) is 12.0. The molecule has 1 saturated carbocycles. The maximum absolute atomic E-state index is 12.3. The number of hydrogen-bond acceptors (Lipinski definition) is 2. The van der Waals surface area contributed by atoms with E-state index in [1.165, 1.54) is 12.8 Å². The highest BCUT2D eigenvalue weighted by Gasteiger charge is 2.36. The standard InChI is InChI=1S/C14H25NO/c1-12(2)7-8-13(16)14(11-15)9-5-3-4-6-10-14/h1,3-11,15H2,2H3. The number of rotatable bonds is 5. The summed E-state index contributed by atoms with van der Waals surface area (Å²) in [6.45, 7) is 6.37. The summed E-state index contributed by atoms with van der Waals surface area (Å²) in [5.41, 5.74) is 6.76. The van der Waals surface area contributed by atoms with E-state index in [0.29, 0.717) is 18.7 Å². The minimum atomic E-state index is -0.202. The van der Waals surface area contributed by atoms with Crippen LogP contribution in [0.4, 0.5) is 0 Å². The van der Waals surface area contributed by atoms with Crippen molar-refractivity contribution < 1.29 is 4.79 Å². The van der Waals surface area contributed by atoms with Gasteiger partial charge in [0.2, 0.25) is 0 Å². The first-order valence-electron chi connectivity index (χ1n) is 6.48. The summed E-state index contributed by atoms with van der Waals surface area (Å²) in [6, 6.07) is 0. The van der Waals surface area contributed by atoms with Gasteiger partial charge in [0.05, 0.1) is 0 Å². The average molecular weight is 223 g/mol. The van der Waals surface area contributed by atoms with E-state index in [1.54, 1.807) is 0 Å². The van der Waals surface area contributed by atoms with Crippen molar-refractivity contribution in [1.82, 2.24) is 0 Å². The highest BCUT2D eigenvalue weighted by Crippen LogP contribution is 2.36. The molecule has 0 amide bonds. The smallest absolute Gasteiger partial charge is 0.140 e. The molecule has 16 heavy (non-hydrogen) atoms. The lowest BCUT2D eigenvalue weighted by atomic mass is 9.75. The number of Topliss-reactive ketones (excluding diaryl/α,β-unsaturated/α-hetero) is 1. The van der Waals surface area contributed by atoms with Crippen molar-refractivity contribution >= 4 is 5.78 Å². The van der Waals surface area contributed by atoms with Crippen LogP contribution in [0.1, 0.15) is 58.3 Å². The molecule has 0 aromatic heterocycles. The summed E-state index contributed by atoms with van der Waals surface area (Å²) in [7, 11) is 0. The van der Waals surface area contributed by atoms with Crippen LogP contribution in [0.25, 0.3) is 0 Å². The molecule has 0 spiro atoms. The second-order valence-electron chi connectivity index (χ2n) is 5.28. The van der Waals surface area contributed by atoms with Crippen LogP contribution in [-0.2, 0) is 4.79 Å². The fraction of sp³-hybridized carbons (Fsp3) is 0.786. The van der Waals surface area contributed by atoms with E-state index in [4.69, 9.17) is 5.73 Å². The fourth-order valence-corrected chi connectivity index (χ4v) is 2.59. The summed E-state index contributed by atoms with van der Waals surface area (Å²) in [5, 5.41) is 0. The molecule has 1 aliphatic carbocycles. The molecule has 0 atom stereocenters. The molecule has 0 aliphatic heterocycles. The first-order valence-corrected chi connectivity index (χ1v) is 6.48. The van der Waals surface area contributed by atoms with E-state index in [2.05, 4.69) is 6.58 Å². The molecule has 0 heterocycles. The third kappa shape index (κ3) is 3.44. The summed E-state index contributed by atoms with van der Waals surface area (Å²) >= 11 is 0. The van der Waals surface area contributed by atoms with Crippen molar-refractivity contribution in [2.24, 2.45) is 11.1 Å². The lowest BCUT2D eigenvalue weighted by Crippen LogP contribution is -2.38. The van der Waals surface area contributed by atoms with Crippen molar-refractivity contribution in [3.8, 4) is 0 Å². The minimum Gasteiger partial charge on any atom is -0.329 e. The second-order valence-corrected chi connectivity index (χ2v) is 5.28. The van der Waals surface area contributed by atoms with Crippen LogP contribution < -0.4 is 5.73 Å². The van der Waals surface area contributed by atoms with Crippen LogP contribution in [0.3, 0.4) is 0 Å². The molecule has 0 bridgehead atoms. The Morgan fingerprint density at radius 1 is 1.19 bits per heavy atom. The van der Waals surface area contributed by atoms with Crippen LogP contribution >= 0.6 is 0 Å². The van der Waals surface area contributed by atoms with E-state index in [9.17, 15) is 4.79 Å². The van der Waals surface area contributed by atoms with Gasteiger partial charge in [0, 0.05) is 18.4 Å². The average Bonchev–Trinajstić information content (AvgIpc) is 2.51. The molecular weight excluding hydrogens is 198 g/mol. The largest absolute Gasteiger partial charge is 0.329 e. The Labute approximate surface area is 99.3 Å². The third-order valence-electron chi connectivity index (χ3n) is 3.82. The maximum atomic E-state index is 12.3. The van der Waals surface area contributed by atoms with Crippen molar-refractivity contribution in [2.45, 2.75) is 58.3 Å². The molecule has 0 saturated heterocycles. The van der Waals surface area contributed by atoms with E-state index >= 15 is 0 Å². The molecule has 0 unspecified atom stereocenters. The fourth-order valence-electron chi connectivity index (χ4n) is 2.59. The van der Waals surface area contributed by atoms with Crippen LogP contribution in [0.5, 0.6) is 0 Å². The first-order chi connectivity index (χ1) is 7.60. The molecule has 0 radical (unpaired) electrons. The van der Waals surface area contributed by atoms with Crippen molar-refractivity contribution in [2.75, 3.05) is 6.54 Å². The molecule has 92 valence electrons. The third-order valence-corrected chi connectivity index (χ3v) is 3.82. The van der Waals surface area contributed by atoms with Crippen molar-refractivity contribution in [3.05, 3.63) is 12.2 Å². The van der Waals surface area contributed by atoms with Gasteiger partial charge < -0.3 is 5.73 Å². The van der Waals surface area contributed by atoms with Crippen molar-refractivity contribution in [1.29, 1.82) is 0 Å². The molecule has 1 aliphatic rings. The topological polar surface area (TPSA) is 43.1 Å². The summed E-state index contributed by atoms with van der Waals surface area (Å²) in [6.07, 6.45) is 8.29. The monoisotopic (exact) mass is 223 g/mol. The van der Waals surface area contributed by atoms with E-state index in [1.807, 2.05) is 6.92 Å². The van der Waals surface area contributed by atoms with Gasteiger partial charge in [-0.2, -0.15) is 0 Å². The lowest BCUT2D eigenvalue weighted by Gasteiger charge is -2.29. The molecule has 1 fully saturated rings.